The fraction of sp³-hybridized carbons (Fsp3) is 0.211. The zero-order chi connectivity index (χ0) is 19.4. The fourth-order valence-corrected chi connectivity index (χ4v) is 3.44. The van der Waals surface area contributed by atoms with Crippen molar-refractivity contribution in [3.8, 4) is 0 Å². The van der Waals surface area contributed by atoms with Gasteiger partial charge in [0.05, 0.1) is 10.9 Å². The normalized spacial score (nSPS) is 10.9. The fourth-order valence-electron chi connectivity index (χ4n) is 2.56. The first-order valence-electron chi connectivity index (χ1n) is 8.37. The maximum Gasteiger partial charge on any atom is 0.281 e. The van der Waals surface area contributed by atoms with E-state index < -0.39 is 17.2 Å². The highest BCUT2D eigenvalue weighted by Crippen LogP contribution is 2.22. The maximum absolute atomic E-state index is 13.4. The summed E-state index contributed by atoms with van der Waals surface area (Å²) in [6.45, 7) is 1.86. The Hall–Kier alpha value is -2.74. The van der Waals surface area contributed by atoms with Gasteiger partial charge in [0, 0.05) is 18.2 Å². The lowest BCUT2D eigenvalue weighted by Crippen LogP contribution is -2.35. The number of amides is 1. The second-order valence-corrected chi connectivity index (χ2v) is 6.85. The van der Waals surface area contributed by atoms with Gasteiger partial charge in [-0.15, -0.1) is 0 Å². The van der Waals surface area contributed by atoms with Crippen LogP contribution in [0.25, 0.3) is 10.9 Å². The Bertz CT molecular complexity index is 1030. The Labute approximate surface area is 158 Å². The van der Waals surface area contributed by atoms with E-state index in [2.05, 4.69) is 10.4 Å². The van der Waals surface area contributed by atoms with Gasteiger partial charge < -0.3 is 0 Å². The summed E-state index contributed by atoms with van der Waals surface area (Å²) in [5.74, 6) is -1.48. The zero-order valence-corrected chi connectivity index (χ0v) is 15.4. The number of hydrogen-bond acceptors (Lipinski definition) is 4. The first-order chi connectivity index (χ1) is 13.0. The van der Waals surface area contributed by atoms with E-state index in [4.69, 9.17) is 0 Å². The van der Waals surface area contributed by atoms with E-state index in [0.29, 0.717) is 22.9 Å². The lowest BCUT2D eigenvalue weighted by molar-refractivity contribution is -0.117. The van der Waals surface area contributed by atoms with E-state index >= 15 is 0 Å². The quantitative estimate of drug-likeness (QED) is 0.514. The molecule has 0 saturated carbocycles. The highest BCUT2D eigenvalue weighted by molar-refractivity contribution is 7.98. The van der Waals surface area contributed by atoms with Crippen LogP contribution in [0.1, 0.15) is 25.3 Å². The second kappa shape index (κ2) is 8.30. The summed E-state index contributed by atoms with van der Waals surface area (Å²) in [6, 6.07) is 10.0. The Morgan fingerprint density at radius 3 is 2.59 bits per heavy atom. The molecule has 3 aromatic rings. The van der Waals surface area contributed by atoms with E-state index in [1.54, 1.807) is 24.3 Å². The molecule has 2 aromatic carbocycles. The summed E-state index contributed by atoms with van der Waals surface area (Å²) in [6.07, 6.45) is 0.894. The van der Waals surface area contributed by atoms with Crippen LogP contribution >= 0.6 is 11.8 Å². The SMILES string of the molecule is CCCC(=O)Nn1c(SCc2cc(F)cc(F)c2)nc2ccccc2c1=O. The highest BCUT2D eigenvalue weighted by Gasteiger charge is 2.14. The van der Waals surface area contributed by atoms with Crippen LogP contribution < -0.4 is 11.0 Å². The molecule has 5 nitrogen and oxygen atoms in total. The maximum atomic E-state index is 13.4. The van der Waals surface area contributed by atoms with Gasteiger partial charge in [0.25, 0.3) is 5.56 Å². The van der Waals surface area contributed by atoms with Gasteiger partial charge in [-0.25, -0.2) is 13.8 Å². The molecule has 3 rings (SSSR count). The van der Waals surface area contributed by atoms with Crippen molar-refractivity contribution in [2.75, 3.05) is 5.43 Å². The van der Waals surface area contributed by atoms with Gasteiger partial charge in [-0.2, -0.15) is 4.68 Å². The van der Waals surface area contributed by atoms with Gasteiger partial charge in [0.1, 0.15) is 11.6 Å². The third-order valence-electron chi connectivity index (χ3n) is 3.75. The molecule has 140 valence electrons. The average molecular weight is 389 g/mol. The molecule has 1 heterocycles. The van der Waals surface area contributed by atoms with E-state index in [-0.39, 0.29) is 23.2 Å². The van der Waals surface area contributed by atoms with Crippen LogP contribution in [-0.4, -0.2) is 15.6 Å². The van der Waals surface area contributed by atoms with E-state index in [0.717, 1.165) is 22.5 Å². The third kappa shape index (κ3) is 4.51. The number of halogens is 2. The Balaban J connectivity index is 1.98. The molecule has 1 amide bonds. The zero-order valence-electron chi connectivity index (χ0n) is 14.5. The number of nitrogens with one attached hydrogen (secondary N) is 1. The van der Waals surface area contributed by atoms with Gasteiger partial charge in [-0.05, 0) is 36.2 Å². The van der Waals surface area contributed by atoms with Gasteiger partial charge >= 0.3 is 0 Å². The first-order valence-corrected chi connectivity index (χ1v) is 9.36. The summed E-state index contributed by atoms with van der Waals surface area (Å²) in [4.78, 5) is 29.2. The van der Waals surface area contributed by atoms with Gasteiger partial charge in [0.15, 0.2) is 5.16 Å². The first kappa shape index (κ1) is 19.0. The Kier molecular flexibility index (Phi) is 5.85. The summed E-state index contributed by atoms with van der Waals surface area (Å²) in [5.41, 5.74) is 3.05. The lowest BCUT2D eigenvalue weighted by Gasteiger charge is -2.14. The monoisotopic (exact) mass is 389 g/mol. The van der Waals surface area contributed by atoms with Crippen LogP contribution in [0, 0.1) is 11.6 Å². The van der Waals surface area contributed by atoms with Crippen molar-refractivity contribution >= 4 is 28.6 Å². The summed E-state index contributed by atoms with van der Waals surface area (Å²) in [5, 5.41) is 0.614. The average Bonchev–Trinajstić information content (AvgIpc) is 2.62. The molecule has 1 N–H and O–H groups in total. The van der Waals surface area contributed by atoms with Crippen LogP contribution in [-0.2, 0) is 10.5 Å². The number of rotatable bonds is 6. The Morgan fingerprint density at radius 2 is 1.89 bits per heavy atom. The van der Waals surface area contributed by atoms with Crippen molar-refractivity contribution in [3.63, 3.8) is 0 Å². The van der Waals surface area contributed by atoms with E-state index in [9.17, 15) is 18.4 Å². The second-order valence-electron chi connectivity index (χ2n) is 5.90. The molecular formula is C19H17F2N3O2S. The molecule has 0 bridgehead atoms. The molecule has 8 heteroatoms. The molecule has 0 spiro atoms. The molecule has 0 unspecified atom stereocenters. The van der Waals surface area contributed by atoms with Crippen molar-refractivity contribution in [2.45, 2.75) is 30.7 Å². The molecular weight excluding hydrogens is 372 g/mol. The van der Waals surface area contributed by atoms with Crippen molar-refractivity contribution in [1.82, 2.24) is 9.66 Å². The van der Waals surface area contributed by atoms with Crippen LogP contribution in [0.2, 0.25) is 0 Å². The standard InChI is InChI=1S/C19H17F2N3O2S/c1-2-5-17(25)23-24-18(26)15-6-3-4-7-16(15)22-19(24)27-11-12-8-13(20)10-14(21)9-12/h3-4,6-10H,2,5,11H2,1H3,(H,23,25). The minimum atomic E-state index is -0.675. The molecule has 1 aromatic heterocycles. The van der Waals surface area contributed by atoms with Gasteiger partial charge in [-0.3, -0.25) is 15.0 Å². The highest BCUT2D eigenvalue weighted by atomic mass is 32.2. The predicted molar refractivity (Wildman–Crippen MR) is 101 cm³/mol. The summed E-state index contributed by atoms with van der Waals surface area (Å²) < 4.78 is 27.9. The molecule has 0 saturated heterocycles. The largest absolute Gasteiger partial charge is 0.281 e. The minimum Gasteiger partial charge on any atom is -0.273 e. The summed E-state index contributed by atoms with van der Waals surface area (Å²) >= 11 is 1.11. The number of para-hydroxylation sites is 1. The van der Waals surface area contributed by atoms with E-state index in [1.165, 1.54) is 12.1 Å². The number of nitrogens with zero attached hydrogens (tertiary/aromatic N) is 2. The third-order valence-corrected chi connectivity index (χ3v) is 4.76. The number of thioether (sulfide) groups is 1. The van der Waals surface area contributed by atoms with Crippen molar-refractivity contribution in [3.05, 3.63) is 70.0 Å². The number of aromatic nitrogens is 2. The van der Waals surface area contributed by atoms with Gasteiger partial charge in [0.2, 0.25) is 5.91 Å². The summed E-state index contributed by atoms with van der Waals surface area (Å²) in [7, 11) is 0. The number of fused-ring (bicyclic) bond motifs is 1. The number of carbonyl (C=O) groups excluding carboxylic acids is 1. The molecule has 0 aliphatic heterocycles. The molecule has 0 atom stereocenters. The van der Waals surface area contributed by atoms with Crippen molar-refractivity contribution in [1.29, 1.82) is 0 Å². The van der Waals surface area contributed by atoms with Gasteiger partial charge in [-0.1, -0.05) is 30.8 Å². The van der Waals surface area contributed by atoms with Crippen LogP contribution in [0.3, 0.4) is 0 Å². The van der Waals surface area contributed by atoms with E-state index in [1.807, 2.05) is 6.92 Å². The lowest BCUT2D eigenvalue weighted by atomic mass is 10.2. The number of carbonyl (C=O) groups is 1. The van der Waals surface area contributed by atoms with Crippen molar-refractivity contribution < 1.29 is 13.6 Å². The number of hydrogen-bond donors (Lipinski definition) is 1. The molecule has 0 aliphatic rings. The topological polar surface area (TPSA) is 64.0 Å². The number of benzene rings is 2. The van der Waals surface area contributed by atoms with Crippen LogP contribution in [0.4, 0.5) is 8.78 Å². The van der Waals surface area contributed by atoms with Crippen molar-refractivity contribution in [2.24, 2.45) is 0 Å². The Morgan fingerprint density at radius 1 is 1.19 bits per heavy atom. The molecule has 0 radical (unpaired) electrons. The van der Waals surface area contributed by atoms with Crippen LogP contribution in [0.15, 0.2) is 52.4 Å². The minimum absolute atomic E-state index is 0.184. The molecule has 0 aliphatic carbocycles. The van der Waals surface area contributed by atoms with Crippen LogP contribution in [0.5, 0.6) is 0 Å². The molecule has 27 heavy (non-hydrogen) atoms. The predicted octanol–water partition coefficient (Wildman–Crippen LogP) is 3.84. The smallest absolute Gasteiger partial charge is 0.273 e. The molecule has 0 fully saturated rings.